The normalized spacial score (nSPS) is 12.4. The largest absolute Gasteiger partial charge is 0.313 e. The maximum atomic E-state index is 13.9. The molecule has 0 saturated heterocycles. The first-order valence-electron chi connectivity index (χ1n) is 18.6. The second kappa shape index (κ2) is 28.8. The Morgan fingerprint density at radius 3 is 0.857 bits per heavy atom. The lowest BCUT2D eigenvalue weighted by Crippen LogP contribution is -2.63. The van der Waals surface area contributed by atoms with Crippen LogP contribution >= 0.6 is 0 Å². The maximum Gasteiger partial charge on any atom is 0.313 e. The van der Waals surface area contributed by atoms with E-state index in [0.717, 1.165) is 96.3 Å². The molecule has 0 heterocycles. The summed E-state index contributed by atoms with van der Waals surface area (Å²) < 4.78 is 87.4. The summed E-state index contributed by atoms with van der Waals surface area (Å²) in [6.07, 6.45) is 18.2. The van der Waals surface area contributed by atoms with Gasteiger partial charge in [-0.1, -0.05) is 110 Å². The molecular weight excluding hydrogens is 685 g/mol. The van der Waals surface area contributed by atoms with Gasteiger partial charge in [0.15, 0.2) is 0 Å². The topological polar surface area (TPSA) is 210 Å². The highest BCUT2D eigenvalue weighted by molar-refractivity contribution is 8.24. The van der Waals surface area contributed by atoms with Crippen LogP contribution in [0.15, 0.2) is 0 Å². The minimum Gasteiger partial charge on any atom is -0.213 e. The summed E-state index contributed by atoms with van der Waals surface area (Å²) in [7, 11) is -14.8. The molecule has 0 amide bonds. The Kier molecular flexibility index (Phi) is 27.8. The van der Waals surface area contributed by atoms with Gasteiger partial charge in [-0.25, -0.2) is 39.4 Å². The van der Waals surface area contributed by atoms with Crippen LogP contribution in [0.5, 0.6) is 0 Å². The van der Waals surface area contributed by atoms with E-state index >= 15 is 0 Å². The molecule has 0 aliphatic rings. The molecule has 0 atom stereocenters. The van der Waals surface area contributed by atoms with Crippen LogP contribution in [0.4, 0.5) is 0 Å². The number of hydrogen-bond acceptors (Lipinski definition) is 9. The summed E-state index contributed by atoms with van der Waals surface area (Å²) >= 11 is 0. The minimum atomic E-state index is -4.92. The molecule has 0 aliphatic heterocycles. The molecule has 0 aromatic heterocycles. The van der Waals surface area contributed by atoms with Crippen molar-refractivity contribution in [3.8, 4) is 18.2 Å². The molecule has 3 N–H and O–H groups in total. The third-order valence-corrected chi connectivity index (χ3v) is 17.3. The average Bonchev–Trinajstić information content (AvgIpc) is 3.05. The standard InChI is InChI=1S/C34H64N6O6S3/c1-2-27-34(47(41,42)38-31-24-18-12-6-3-9-15-21-28-35,48(43,44)39-32-25-19-13-7-4-10-16-22-29-36)49(45,46)40-33-26-20-14-8-5-11-17-23-30-37/h38-40H,2-27,31-33H2,1H3. The predicted molar refractivity (Wildman–Crippen MR) is 196 cm³/mol. The van der Waals surface area contributed by atoms with Crippen LogP contribution in [0.1, 0.15) is 174 Å². The Labute approximate surface area is 299 Å². The smallest absolute Gasteiger partial charge is 0.213 e. The van der Waals surface area contributed by atoms with Gasteiger partial charge in [-0.2, -0.15) is 15.8 Å². The highest BCUT2D eigenvalue weighted by Gasteiger charge is 2.64. The Balaban J connectivity index is 5.53. The van der Waals surface area contributed by atoms with E-state index in [-0.39, 0.29) is 26.1 Å². The van der Waals surface area contributed by atoms with Crippen molar-refractivity contribution in [1.29, 1.82) is 15.8 Å². The lowest BCUT2D eigenvalue weighted by Gasteiger charge is -2.32. The molecule has 49 heavy (non-hydrogen) atoms. The van der Waals surface area contributed by atoms with E-state index in [9.17, 15) is 25.3 Å². The molecule has 0 spiro atoms. The summed E-state index contributed by atoms with van der Waals surface area (Å²) in [5.41, 5.74) is 0. The van der Waals surface area contributed by atoms with Crippen molar-refractivity contribution in [3.63, 3.8) is 0 Å². The number of nitrogens with zero attached hydrogens (tertiary/aromatic N) is 3. The zero-order valence-corrected chi connectivity index (χ0v) is 32.5. The number of rotatable bonds is 35. The van der Waals surface area contributed by atoms with Crippen LogP contribution in [0.3, 0.4) is 0 Å². The van der Waals surface area contributed by atoms with Crippen LogP contribution in [0.25, 0.3) is 0 Å². The van der Waals surface area contributed by atoms with Crippen LogP contribution in [-0.2, 0) is 30.1 Å². The van der Waals surface area contributed by atoms with Gasteiger partial charge in [-0.3, -0.25) is 0 Å². The van der Waals surface area contributed by atoms with E-state index in [1.165, 1.54) is 0 Å². The molecule has 0 saturated carbocycles. The lowest BCUT2D eigenvalue weighted by molar-refractivity contribution is 0.513. The van der Waals surface area contributed by atoms with Crippen molar-refractivity contribution < 1.29 is 25.3 Å². The van der Waals surface area contributed by atoms with Gasteiger partial charge in [0.1, 0.15) is 0 Å². The molecule has 0 aromatic rings. The van der Waals surface area contributed by atoms with Gasteiger partial charge in [-0.15, -0.1) is 0 Å². The molecule has 284 valence electrons. The van der Waals surface area contributed by atoms with Crippen molar-refractivity contribution >= 4 is 30.1 Å². The first-order chi connectivity index (χ1) is 23.5. The van der Waals surface area contributed by atoms with Crippen molar-refractivity contribution in [2.24, 2.45) is 0 Å². The molecule has 0 unspecified atom stereocenters. The molecule has 0 radical (unpaired) electrons. The monoisotopic (exact) mass is 748 g/mol. The summed E-state index contributed by atoms with van der Waals surface area (Å²) in [6.45, 7) is 1.35. The fraction of sp³-hybridized carbons (Fsp3) is 0.912. The summed E-state index contributed by atoms with van der Waals surface area (Å²) in [6, 6.07) is 6.37. The molecule has 0 aliphatic carbocycles. The summed E-state index contributed by atoms with van der Waals surface area (Å²) in [5.74, 6) is 0. The van der Waals surface area contributed by atoms with E-state index in [2.05, 4.69) is 32.4 Å². The van der Waals surface area contributed by atoms with E-state index in [1.807, 2.05) is 0 Å². The van der Waals surface area contributed by atoms with Gasteiger partial charge in [-0.05, 0) is 44.9 Å². The summed E-state index contributed by atoms with van der Waals surface area (Å²) in [4.78, 5) is 0. The molecule has 12 nitrogen and oxygen atoms in total. The van der Waals surface area contributed by atoms with Gasteiger partial charge in [0.2, 0.25) is 30.1 Å². The fourth-order valence-corrected chi connectivity index (χ4v) is 13.6. The van der Waals surface area contributed by atoms with E-state index in [0.29, 0.717) is 57.8 Å². The van der Waals surface area contributed by atoms with Crippen molar-refractivity contribution in [2.75, 3.05) is 19.6 Å². The maximum absolute atomic E-state index is 13.9. The Morgan fingerprint density at radius 1 is 0.408 bits per heavy atom. The van der Waals surface area contributed by atoms with Gasteiger partial charge < -0.3 is 0 Å². The molecule has 0 fully saturated rings. The third kappa shape index (κ3) is 19.4. The van der Waals surface area contributed by atoms with Crippen molar-refractivity contribution in [2.45, 2.75) is 177 Å². The Morgan fingerprint density at radius 2 is 0.633 bits per heavy atom. The van der Waals surface area contributed by atoms with Crippen molar-refractivity contribution in [3.05, 3.63) is 0 Å². The second-order valence-corrected chi connectivity index (χ2v) is 19.5. The van der Waals surface area contributed by atoms with Gasteiger partial charge in [0, 0.05) is 38.9 Å². The number of unbranched alkanes of at least 4 members (excludes halogenated alkanes) is 21. The molecule has 0 aromatic carbocycles. The van der Waals surface area contributed by atoms with E-state index in [1.54, 1.807) is 6.92 Å². The second-order valence-electron chi connectivity index (χ2n) is 12.8. The summed E-state index contributed by atoms with van der Waals surface area (Å²) in [5, 5.41) is 25.9. The number of hydrogen-bond donors (Lipinski definition) is 3. The van der Waals surface area contributed by atoms with Crippen LogP contribution in [-0.4, -0.2) is 48.3 Å². The molecule has 15 heteroatoms. The highest BCUT2D eigenvalue weighted by Crippen LogP contribution is 2.35. The minimum absolute atomic E-state index is 0.00609. The van der Waals surface area contributed by atoms with Crippen LogP contribution < -0.4 is 14.2 Å². The SMILES string of the molecule is CCCC(S(=O)(=O)NCCCCCCCCCC#N)(S(=O)(=O)NCCCCCCCCCC#N)S(=O)(=O)NCCCCCCCCCC#N. The number of nitrogens with one attached hydrogen (secondary N) is 3. The zero-order chi connectivity index (χ0) is 36.7. The Bertz CT molecular complexity index is 1150. The number of sulfonamides is 3. The van der Waals surface area contributed by atoms with Crippen LogP contribution in [0, 0.1) is 34.0 Å². The van der Waals surface area contributed by atoms with Crippen molar-refractivity contribution in [1.82, 2.24) is 14.2 Å². The van der Waals surface area contributed by atoms with Gasteiger partial charge in [0.25, 0.3) is 0 Å². The van der Waals surface area contributed by atoms with Crippen LogP contribution in [0.2, 0.25) is 0 Å². The Hall–Kier alpha value is -1.80. The van der Waals surface area contributed by atoms with E-state index in [4.69, 9.17) is 15.8 Å². The molecule has 0 rings (SSSR count). The zero-order valence-electron chi connectivity index (χ0n) is 30.0. The molecular formula is C34H64N6O6S3. The average molecular weight is 749 g/mol. The quantitative estimate of drug-likeness (QED) is 0.0562. The van der Waals surface area contributed by atoms with Gasteiger partial charge in [0.05, 0.1) is 18.2 Å². The predicted octanol–water partition coefficient (Wildman–Crippen LogP) is 7.13. The first kappa shape index (κ1) is 47.2. The first-order valence-corrected chi connectivity index (χ1v) is 23.0. The molecule has 0 bridgehead atoms. The van der Waals surface area contributed by atoms with Gasteiger partial charge >= 0.3 is 3.41 Å². The third-order valence-electron chi connectivity index (χ3n) is 8.56. The fourth-order valence-electron chi connectivity index (χ4n) is 5.73. The van der Waals surface area contributed by atoms with E-state index < -0.39 is 39.9 Å². The number of nitriles is 3. The lowest BCUT2D eigenvalue weighted by atomic mass is 10.1. The highest BCUT2D eigenvalue weighted by atomic mass is 32.3.